The fourth-order valence-electron chi connectivity index (χ4n) is 3.89. The average molecular weight is 435 g/mol. The summed E-state index contributed by atoms with van der Waals surface area (Å²) < 4.78 is 0. The number of hydrogen-bond acceptors (Lipinski definition) is 6. The second kappa shape index (κ2) is 8.16. The topological polar surface area (TPSA) is 58.1 Å². The molecule has 1 amide bonds. The van der Waals surface area contributed by atoms with E-state index in [1.54, 1.807) is 29.0 Å². The first-order chi connectivity index (χ1) is 14.7. The van der Waals surface area contributed by atoms with Crippen molar-refractivity contribution in [1.82, 2.24) is 15.3 Å². The van der Waals surface area contributed by atoms with E-state index in [-0.39, 0.29) is 11.9 Å². The SMILES string of the molecule is Cc1ccc(C(=O)NC2CCN(c3ncnc4sc(-c5ccccc5)cc34)CC2)s1. The number of carbonyl (C=O) groups excluding carboxylic acids is 1. The molecule has 1 aliphatic rings. The van der Waals surface area contributed by atoms with Crippen molar-refractivity contribution in [2.24, 2.45) is 0 Å². The van der Waals surface area contributed by atoms with Crippen LogP contribution in [-0.2, 0) is 0 Å². The molecule has 1 aromatic carbocycles. The lowest BCUT2D eigenvalue weighted by molar-refractivity contribution is 0.0935. The number of nitrogens with zero attached hydrogens (tertiary/aromatic N) is 3. The molecule has 5 nitrogen and oxygen atoms in total. The number of aryl methyl sites for hydroxylation is 1. The molecule has 0 atom stereocenters. The largest absolute Gasteiger partial charge is 0.356 e. The summed E-state index contributed by atoms with van der Waals surface area (Å²) >= 11 is 3.25. The van der Waals surface area contributed by atoms with Crippen LogP contribution < -0.4 is 10.2 Å². The third-order valence-electron chi connectivity index (χ3n) is 5.46. The summed E-state index contributed by atoms with van der Waals surface area (Å²) in [6, 6.07) is 16.7. The number of benzene rings is 1. The van der Waals surface area contributed by atoms with E-state index in [4.69, 9.17) is 0 Å². The minimum atomic E-state index is 0.0429. The number of rotatable bonds is 4. The maximum atomic E-state index is 12.5. The van der Waals surface area contributed by atoms with Crippen molar-refractivity contribution in [3.8, 4) is 10.4 Å². The average Bonchev–Trinajstić information content (AvgIpc) is 3.41. The fourth-order valence-corrected chi connectivity index (χ4v) is 5.66. The van der Waals surface area contributed by atoms with Crippen molar-refractivity contribution in [3.05, 3.63) is 64.6 Å². The first kappa shape index (κ1) is 19.2. The molecule has 0 radical (unpaired) electrons. The van der Waals surface area contributed by atoms with E-state index in [0.717, 1.165) is 51.7 Å². The van der Waals surface area contributed by atoms with Gasteiger partial charge in [-0.2, -0.15) is 0 Å². The lowest BCUT2D eigenvalue weighted by Crippen LogP contribution is -2.44. The Labute approximate surface area is 183 Å². The highest BCUT2D eigenvalue weighted by Crippen LogP contribution is 2.36. The standard InChI is InChI=1S/C23H22N4OS2/c1-15-7-8-19(29-15)22(28)26-17-9-11-27(12-10-17)21-18-13-20(16-5-3-2-4-6-16)30-23(18)25-14-24-21/h2-8,13-14,17H,9-12H2,1H3,(H,26,28). The fraction of sp³-hybridized carbons (Fsp3) is 0.261. The van der Waals surface area contributed by atoms with Crippen molar-refractivity contribution >= 4 is 44.6 Å². The highest BCUT2D eigenvalue weighted by Gasteiger charge is 2.24. The number of carbonyl (C=O) groups is 1. The molecule has 0 saturated carbocycles. The van der Waals surface area contributed by atoms with Crippen LogP contribution in [0.4, 0.5) is 5.82 Å². The molecule has 0 spiro atoms. The second-order valence-electron chi connectivity index (χ2n) is 7.54. The molecule has 1 saturated heterocycles. The van der Waals surface area contributed by atoms with Crippen LogP contribution in [0.2, 0.25) is 0 Å². The maximum absolute atomic E-state index is 12.5. The minimum absolute atomic E-state index is 0.0429. The Morgan fingerprint density at radius 3 is 2.60 bits per heavy atom. The smallest absolute Gasteiger partial charge is 0.261 e. The molecule has 1 aliphatic heterocycles. The van der Waals surface area contributed by atoms with Crippen molar-refractivity contribution in [2.45, 2.75) is 25.8 Å². The highest BCUT2D eigenvalue weighted by atomic mass is 32.1. The quantitative estimate of drug-likeness (QED) is 0.484. The molecule has 7 heteroatoms. The summed E-state index contributed by atoms with van der Waals surface area (Å²) in [4.78, 5) is 28.1. The van der Waals surface area contributed by atoms with Gasteiger partial charge in [-0.05, 0) is 43.5 Å². The van der Waals surface area contributed by atoms with Gasteiger partial charge in [-0.3, -0.25) is 4.79 Å². The summed E-state index contributed by atoms with van der Waals surface area (Å²) in [7, 11) is 0. The molecule has 4 heterocycles. The molecule has 0 bridgehead atoms. The van der Waals surface area contributed by atoms with Gasteiger partial charge in [0, 0.05) is 28.9 Å². The van der Waals surface area contributed by atoms with E-state index in [0.29, 0.717) is 0 Å². The number of hydrogen-bond donors (Lipinski definition) is 1. The van der Waals surface area contributed by atoms with E-state index in [9.17, 15) is 4.79 Å². The van der Waals surface area contributed by atoms with Gasteiger partial charge in [-0.25, -0.2) is 9.97 Å². The Kier molecular flexibility index (Phi) is 5.23. The van der Waals surface area contributed by atoms with Gasteiger partial charge in [-0.1, -0.05) is 30.3 Å². The van der Waals surface area contributed by atoms with Crippen LogP contribution in [0.25, 0.3) is 20.7 Å². The van der Waals surface area contributed by atoms with Crippen LogP contribution in [0.15, 0.2) is 54.9 Å². The third-order valence-corrected chi connectivity index (χ3v) is 7.55. The van der Waals surface area contributed by atoms with Gasteiger partial charge >= 0.3 is 0 Å². The van der Waals surface area contributed by atoms with Crippen molar-refractivity contribution in [1.29, 1.82) is 0 Å². The number of anilines is 1. The number of aromatic nitrogens is 2. The Bertz CT molecular complexity index is 1180. The molecular formula is C23H22N4OS2. The molecule has 30 heavy (non-hydrogen) atoms. The van der Waals surface area contributed by atoms with Crippen molar-refractivity contribution in [3.63, 3.8) is 0 Å². The van der Waals surface area contributed by atoms with Gasteiger partial charge in [0.05, 0.1) is 10.3 Å². The van der Waals surface area contributed by atoms with Crippen LogP contribution in [0.5, 0.6) is 0 Å². The summed E-state index contributed by atoms with van der Waals surface area (Å²) in [6.45, 7) is 3.77. The lowest BCUT2D eigenvalue weighted by Gasteiger charge is -2.33. The summed E-state index contributed by atoms with van der Waals surface area (Å²) in [6.07, 6.45) is 3.49. The molecule has 4 aromatic rings. The van der Waals surface area contributed by atoms with Gasteiger partial charge in [-0.15, -0.1) is 22.7 Å². The maximum Gasteiger partial charge on any atom is 0.261 e. The number of piperidine rings is 1. The molecular weight excluding hydrogens is 412 g/mol. The molecule has 1 N–H and O–H groups in total. The number of amides is 1. The zero-order valence-corrected chi connectivity index (χ0v) is 18.3. The molecule has 0 unspecified atom stereocenters. The number of nitrogens with one attached hydrogen (secondary N) is 1. The summed E-state index contributed by atoms with van der Waals surface area (Å²) in [5, 5.41) is 4.31. The van der Waals surface area contributed by atoms with E-state index >= 15 is 0 Å². The van der Waals surface area contributed by atoms with Crippen molar-refractivity contribution in [2.75, 3.05) is 18.0 Å². The van der Waals surface area contributed by atoms with E-state index in [1.165, 1.54) is 10.4 Å². The van der Waals surface area contributed by atoms with Crippen molar-refractivity contribution < 1.29 is 4.79 Å². The first-order valence-corrected chi connectivity index (χ1v) is 11.7. The van der Waals surface area contributed by atoms with Gasteiger partial charge in [0.2, 0.25) is 0 Å². The summed E-state index contributed by atoms with van der Waals surface area (Å²) in [5.74, 6) is 1.04. The molecule has 0 aliphatic carbocycles. The van der Waals surface area contributed by atoms with E-state index < -0.39 is 0 Å². The highest BCUT2D eigenvalue weighted by molar-refractivity contribution is 7.21. The van der Waals surface area contributed by atoms with E-state index in [2.05, 4.69) is 50.5 Å². The Morgan fingerprint density at radius 1 is 1.07 bits per heavy atom. The van der Waals surface area contributed by atoms with Crippen LogP contribution in [0.1, 0.15) is 27.4 Å². The van der Waals surface area contributed by atoms with Gasteiger partial charge < -0.3 is 10.2 Å². The summed E-state index contributed by atoms with van der Waals surface area (Å²) in [5.41, 5.74) is 1.21. The normalized spacial score (nSPS) is 14.9. The number of thiophene rings is 2. The van der Waals surface area contributed by atoms with Crippen LogP contribution in [-0.4, -0.2) is 35.0 Å². The van der Waals surface area contributed by atoms with E-state index in [1.807, 2.05) is 25.1 Å². The van der Waals surface area contributed by atoms with Gasteiger partial charge in [0.1, 0.15) is 17.0 Å². The molecule has 5 rings (SSSR count). The zero-order chi connectivity index (χ0) is 20.5. The molecule has 3 aromatic heterocycles. The zero-order valence-electron chi connectivity index (χ0n) is 16.7. The van der Waals surface area contributed by atoms with Crippen LogP contribution in [0, 0.1) is 6.92 Å². The number of fused-ring (bicyclic) bond motifs is 1. The molecule has 152 valence electrons. The minimum Gasteiger partial charge on any atom is -0.356 e. The Morgan fingerprint density at radius 2 is 1.87 bits per heavy atom. The predicted molar refractivity (Wildman–Crippen MR) is 125 cm³/mol. The van der Waals surface area contributed by atoms with Crippen LogP contribution in [0.3, 0.4) is 0 Å². The lowest BCUT2D eigenvalue weighted by atomic mass is 10.0. The Balaban J connectivity index is 1.30. The van der Waals surface area contributed by atoms with Gasteiger partial charge in [0.15, 0.2) is 0 Å². The predicted octanol–water partition coefficient (Wildman–Crippen LogP) is 5.13. The monoisotopic (exact) mass is 434 g/mol. The second-order valence-corrected chi connectivity index (χ2v) is 9.86. The van der Waals surface area contributed by atoms with Gasteiger partial charge in [0.25, 0.3) is 5.91 Å². The third kappa shape index (κ3) is 3.82. The van der Waals surface area contributed by atoms with Crippen LogP contribution >= 0.6 is 22.7 Å². The first-order valence-electron chi connectivity index (χ1n) is 10.1. The Hall–Kier alpha value is -2.77. The molecule has 1 fully saturated rings.